The van der Waals surface area contributed by atoms with Gasteiger partial charge in [0.2, 0.25) is 5.78 Å². The van der Waals surface area contributed by atoms with Crippen LogP contribution in [0.25, 0.3) is 16.5 Å². The summed E-state index contributed by atoms with van der Waals surface area (Å²) in [5, 5.41) is 34.6. The Labute approximate surface area is 304 Å². The highest BCUT2D eigenvalue weighted by Crippen LogP contribution is 2.49. The Balaban J connectivity index is 1.64. The Morgan fingerprint density at radius 1 is 0.923 bits per heavy atom. The van der Waals surface area contributed by atoms with Crippen molar-refractivity contribution in [2.45, 2.75) is 103 Å². The molecule has 11 heteroatoms. The van der Waals surface area contributed by atoms with Gasteiger partial charge in [-0.2, -0.15) is 0 Å². The third kappa shape index (κ3) is 5.97. The zero-order valence-electron chi connectivity index (χ0n) is 31.6. The van der Waals surface area contributed by atoms with Crippen molar-refractivity contribution in [3.05, 3.63) is 91.4 Å². The number of aliphatic hydroxyl groups excluding tert-OH is 2. The van der Waals surface area contributed by atoms with Crippen molar-refractivity contribution >= 4 is 28.1 Å². The Morgan fingerprint density at radius 3 is 2.23 bits per heavy atom. The number of allylic oxidation sites excluding steroid dienone is 4. The minimum Gasteiger partial charge on any atom is -0.507 e. The lowest BCUT2D eigenvalue weighted by molar-refractivity contribution is -0.176. The van der Waals surface area contributed by atoms with Gasteiger partial charge in [-0.05, 0) is 111 Å². The summed E-state index contributed by atoms with van der Waals surface area (Å²) < 4.78 is 19.1. The highest BCUT2D eigenvalue weighted by atomic mass is 16.5. The highest BCUT2D eigenvalue weighted by Gasteiger charge is 2.49. The van der Waals surface area contributed by atoms with E-state index < -0.39 is 59.5 Å². The number of rotatable bonds is 6. The van der Waals surface area contributed by atoms with Crippen molar-refractivity contribution in [3.8, 4) is 5.75 Å². The van der Waals surface area contributed by atoms with E-state index in [4.69, 9.17) is 13.9 Å². The first-order valence-corrected chi connectivity index (χ1v) is 17.8. The molecule has 0 amide bonds. The fourth-order valence-electron chi connectivity index (χ4n) is 8.18. The number of carbonyl (C=O) groups is 2. The van der Waals surface area contributed by atoms with Crippen molar-refractivity contribution in [3.63, 3.8) is 0 Å². The molecule has 0 bridgehead atoms. The molecule has 2 aromatic carbocycles. The van der Waals surface area contributed by atoms with Crippen molar-refractivity contribution in [1.29, 1.82) is 0 Å². The number of likely N-dealkylation sites (N-methyl/N-ethyl adjacent to an activating group) is 2. The maximum absolute atomic E-state index is 15.0. The van der Waals surface area contributed by atoms with Gasteiger partial charge in [-0.15, -0.1) is 0 Å². The lowest BCUT2D eigenvalue weighted by atomic mass is 9.74. The van der Waals surface area contributed by atoms with Gasteiger partial charge >= 0.3 is 0 Å². The summed E-state index contributed by atoms with van der Waals surface area (Å²) in [7, 11) is 7.46. The maximum atomic E-state index is 15.0. The first-order chi connectivity index (χ1) is 24.4. The molecule has 2 saturated heterocycles. The summed E-state index contributed by atoms with van der Waals surface area (Å²) >= 11 is 0. The minimum absolute atomic E-state index is 0.00511. The molecule has 278 valence electrons. The highest BCUT2D eigenvalue weighted by molar-refractivity contribution is 6.33. The zero-order valence-corrected chi connectivity index (χ0v) is 31.6. The van der Waals surface area contributed by atoms with Gasteiger partial charge < -0.3 is 39.0 Å². The molecule has 3 aliphatic rings. The molecule has 0 saturated carbocycles. The largest absolute Gasteiger partial charge is 0.507 e. The smallest absolute Gasteiger partial charge is 0.202 e. The van der Waals surface area contributed by atoms with Crippen LogP contribution in [-0.4, -0.2) is 101 Å². The molecule has 11 nitrogen and oxygen atoms in total. The minimum atomic E-state index is -0.852. The third-order valence-electron chi connectivity index (χ3n) is 11.6. The zero-order chi connectivity index (χ0) is 38.1. The second-order valence-electron chi connectivity index (χ2n) is 15.3. The van der Waals surface area contributed by atoms with Gasteiger partial charge in [-0.3, -0.25) is 14.4 Å². The molecule has 1 aliphatic carbocycles. The standard InChI is InChI=1S/C41H50N2O9/c1-11-12-13-19(2)28-17-27(44)31-20(3)14-25-33(39(31)52-28)38(48)34-32(37(25)47)23(29-16-26(42(7)8)35(45)21(4)50-29)15-24(36(34)46)30-18-41(6,43(9)10)40(49)22(5)51-30/h11-15,17,21-22,26,29-30,35,40,45-46,49H,16,18H2,1-10H3/t21-,22-,26-,29-,30-,35+,40-,41-/m1/s1. The number of benzene rings is 2. The Hall–Kier alpha value is -3.97. The first kappa shape index (κ1) is 37.8. The molecule has 0 radical (unpaired) electrons. The number of ether oxygens (including phenoxy) is 2. The van der Waals surface area contributed by atoms with Crippen molar-refractivity contribution in [2.75, 3.05) is 28.2 Å². The van der Waals surface area contributed by atoms with Crippen molar-refractivity contribution in [2.24, 2.45) is 0 Å². The molecule has 3 heterocycles. The summed E-state index contributed by atoms with van der Waals surface area (Å²) in [4.78, 5) is 47.3. The molecule has 0 spiro atoms. The Kier molecular flexibility index (Phi) is 10.0. The molecular weight excluding hydrogens is 664 g/mol. The lowest BCUT2D eigenvalue weighted by Crippen LogP contribution is -2.59. The number of hydrogen-bond acceptors (Lipinski definition) is 11. The summed E-state index contributed by atoms with van der Waals surface area (Å²) in [5.74, 6) is -1.35. The first-order valence-electron chi connectivity index (χ1n) is 17.8. The molecule has 3 aromatic rings. The van der Waals surface area contributed by atoms with Crippen LogP contribution >= 0.6 is 0 Å². The number of fused-ring (bicyclic) bond motifs is 4. The number of carbonyl (C=O) groups excluding carboxylic acids is 2. The van der Waals surface area contributed by atoms with Gasteiger partial charge in [-0.1, -0.05) is 18.2 Å². The van der Waals surface area contributed by atoms with E-state index in [9.17, 15) is 29.7 Å². The molecular formula is C41H50N2O9. The molecule has 8 atom stereocenters. The lowest BCUT2D eigenvalue weighted by Gasteiger charge is -2.49. The van der Waals surface area contributed by atoms with E-state index in [2.05, 4.69) is 0 Å². The quantitative estimate of drug-likeness (QED) is 0.225. The van der Waals surface area contributed by atoms with E-state index in [1.54, 1.807) is 52.0 Å². The van der Waals surface area contributed by atoms with E-state index in [-0.39, 0.29) is 62.4 Å². The van der Waals surface area contributed by atoms with Crippen molar-refractivity contribution in [1.82, 2.24) is 9.80 Å². The number of nitrogens with zero attached hydrogens (tertiary/aromatic N) is 2. The number of ketones is 2. The van der Waals surface area contributed by atoms with Crippen LogP contribution in [0.5, 0.6) is 5.75 Å². The Bertz CT molecular complexity index is 2080. The van der Waals surface area contributed by atoms with Gasteiger partial charge in [0.05, 0.1) is 53.1 Å². The van der Waals surface area contributed by atoms with Crippen LogP contribution in [0.2, 0.25) is 0 Å². The monoisotopic (exact) mass is 714 g/mol. The number of phenolic OH excluding ortho intramolecular Hbond substituents is 1. The van der Waals surface area contributed by atoms with Gasteiger partial charge in [-0.25, -0.2) is 0 Å². The molecule has 1 aromatic heterocycles. The van der Waals surface area contributed by atoms with Crippen LogP contribution in [0.3, 0.4) is 0 Å². The average Bonchev–Trinajstić information content (AvgIpc) is 3.08. The predicted octanol–water partition coefficient (Wildman–Crippen LogP) is 5.23. The molecule has 6 rings (SSSR count). The van der Waals surface area contributed by atoms with Crippen LogP contribution in [0.4, 0.5) is 0 Å². The topological polar surface area (TPSA) is 150 Å². The maximum Gasteiger partial charge on any atom is 0.202 e. The number of aliphatic hydroxyl groups is 2. The van der Waals surface area contributed by atoms with Crippen molar-refractivity contribution < 1.29 is 38.8 Å². The second kappa shape index (κ2) is 13.8. The number of phenols is 1. The average molecular weight is 715 g/mol. The van der Waals surface area contributed by atoms with Crippen LogP contribution in [0.1, 0.15) is 114 Å². The third-order valence-corrected chi connectivity index (χ3v) is 11.6. The van der Waals surface area contributed by atoms with Crippen LogP contribution in [0.15, 0.2) is 45.6 Å². The summed E-state index contributed by atoms with van der Waals surface area (Å²) in [6.07, 6.45) is 1.55. The van der Waals surface area contributed by atoms with Gasteiger partial charge in [0.1, 0.15) is 11.5 Å². The summed E-state index contributed by atoms with van der Waals surface area (Å²) in [6, 6.07) is 4.28. The van der Waals surface area contributed by atoms with Crippen LogP contribution in [0, 0.1) is 6.92 Å². The fourth-order valence-corrected chi connectivity index (χ4v) is 8.18. The SMILES string of the molecule is CC=CC=C(C)c1cc(=O)c2c(C)cc3c(c2o1)C(=O)c1c(O)c([C@H]2C[C@@](C)(N(C)C)[C@H](O)[C@@H](C)O2)cc([C@H]2C[C@@H](N(C)C)[C@@H](O)[C@@H](C)O2)c1C3=O. The normalized spacial score (nSPS) is 29.7. The van der Waals surface area contributed by atoms with E-state index in [0.717, 1.165) is 0 Å². The van der Waals surface area contributed by atoms with E-state index in [1.807, 2.05) is 57.9 Å². The van der Waals surface area contributed by atoms with E-state index in [0.29, 0.717) is 23.1 Å². The predicted molar refractivity (Wildman–Crippen MR) is 198 cm³/mol. The molecule has 2 aliphatic heterocycles. The fraction of sp³-hybridized carbons (Fsp3) is 0.488. The van der Waals surface area contributed by atoms with Crippen LogP contribution < -0.4 is 5.43 Å². The van der Waals surface area contributed by atoms with E-state index in [1.165, 1.54) is 6.07 Å². The van der Waals surface area contributed by atoms with Gasteiger partial charge in [0.15, 0.2) is 16.8 Å². The molecule has 0 unspecified atom stereocenters. The molecule has 3 N–H and O–H groups in total. The number of aryl methyl sites for hydroxylation is 1. The Morgan fingerprint density at radius 2 is 1.60 bits per heavy atom. The molecule has 2 fully saturated rings. The number of hydrogen-bond donors (Lipinski definition) is 3. The number of aromatic hydroxyl groups is 1. The summed E-state index contributed by atoms with van der Waals surface area (Å²) in [6.45, 7) is 10.8. The second-order valence-corrected chi connectivity index (χ2v) is 15.3. The van der Waals surface area contributed by atoms with Gasteiger partial charge in [0, 0.05) is 34.3 Å². The van der Waals surface area contributed by atoms with Gasteiger partial charge in [0.25, 0.3) is 0 Å². The molecule has 52 heavy (non-hydrogen) atoms. The summed E-state index contributed by atoms with van der Waals surface area (Å²) in [5.41, 5.74) is 0.384. The van der Waals surface area contributed by atoms with E-state index >= 15 is 0 Å². The van der Waals surface area contributed by atoms with Crippen LogP contribution in [-0.2, 0) is 9.47 Å².